The van der Waals surface area contributed by atoms with Gasteiger partial charge in [-0.25, -0.2) is 4.98 Å². The average molecular weight is 355 g/mol. The van der Waals surface area contributed by atoms with Crippen LogP contribution in [-0.4, -0.2) is 50.1 Å². The molecule has 2 rings (SSSR count). The first-order chi connectivity index (χ1) is 11.0. The quantitative estimate of drug-likeness (QED) is 0.768. The van der Waals surface area contributed by atoms with E-state index in [2.05, 4.69) is 4.98 Å². The molecule has 0 unspecified atom stereocenters. The second kappa shape index (κ2) is 8.11. The average Bonchev–Trinajstić information content (AvgIpc) is 2.96. The minimum atomic E-state index is -0.919. The van der Waals surface area contributed by atoms with Crippen LogP contribution in [0, 0.1) is 0 Å². The molecule has 0 atom stereocenters. The van der Waals surface area contributed by atoms with Crippen LogP contribution in [0.25, 0.3) is 4.96 Å². The summed E-state index contributed by atoms with van der Waals surface area (Å²) in [4.78, 5) is 41.0. The maximum absolute atomic E-state index is 12.0. The Labute approximate surface area is 141 Å². The maximum atomic E-state index is 12.0. The van der Waals surface area contributed by atoms with Gasteiger partial charge in [-0.1, -0.05) is 0 Å². The van der Waals surface area contributed by atoms with Gasteiger partial charge in [0.15, 0.2) is 4.96 Å². The first-order valence-electron chi connectivity index (χ1n) is 7.04. The second-order valence-electron chi connectivity index (χ2n) is 4.75. The van der Waals surface area contributed by atoms with Crippen molar-refractivity contribution in [1.29, 1.82) is 0 Å². The molecule has 0 radical (unpaired) electrons. The third kappa shape index (κ3) is 4.80. The molecule has 2 aromatic rings. The monoisotopic (exact) mass is 355 g/mol. The van der Waals surface area contributed by atoms with Crippen LogP contribution < -0.4 is 5.56 Å². The molecule has 0 aliphatic carbocycles. The number of carbonyl (C=O) groups is 2. The van der Waals surface area contributed by atoms with Gasteiger partial charge in [0.25, 0.3) is 5.56 Å². The van der Waals surface area contributed by atoms with Crippen LogP contribution in [0.1, 0.15) is 19.0 Å². The van der Waals surface area contributed by atoms with Crippen LogP contribution in [0.15, 0.2) is 22.4 Å². The van der Waals surface area contributed by atoms with Crippen molar-refractivity contribution in [2.45, 2.75) is 19.1 Å². The lowest BCUT2D eigenvalue weighted by Gasteiger charge is -2.19. The number of carbonyl (C=O) groups excluding carboxylic acids is 1. The van der Waals surface area contributed by atoms with E-state index in [0.717, 1.165) is 0 Å². The number of nitrogens with zero attached hydrogens (tertiary/aromatic N) is 3. The fraction of sp³-hybridized carbons (Fsp3) is 0.429. The van der Waals surface area contributed by atoms with Crippen LogP contribution in [0.4, 0.5) is 0 Å². The second-order valence-corrected chi connectivity index (χ2v) is 6.61. The van der Waals surface area contributed by atoms with Gasteiger partial charge < -0.3 is 10.0 Å². The largest absolute Gasteiger partial charge is 0.481 e. The molecular weight excluding hydrogens is 338 g/mol. The van der Waals surface area contributed by atoms with E-state index in [-0.39, 0.29) is 30.2 Å². The fourth-order valence-corrected chi connectivity index (χ4v) is 3.54. The van der Waals surface area contributed by atoms with Crippen molar-refractivity contribution in [2.75, 3.05) is 18.8 Å². The van der Waals surface area contributed by atoms with Gasteiger partial charge in [-0.05, 0) is 6.92 Å². The summed E-state index contributed by atoms with van der Waals surface area (Å²) in [5.41, 5.74) is 0.513. The number of hydrogen-bond acceptors (Lipinski definition) is 6. The van der Waals surface area contributed by atoms with E-state index < -0.39 is 5.97 Å². The van der Waals surface area contributed by atoms with E-state index in [9.17, 15) is 14.4 Å². The Balaban J connectivity index is 1.88. The minimum Gasteiger partial charge on any atom is -0.481 e. The summed E-state index contributed by atoms with van der Waals surface area (Å²) in [6, 6.07) is 1.47. The summed E-state index contributed by atoms with van der Waals surface area (Å²) >= 11 is 2.75. The van der Waals surface area contributed by atoms with Crippen LogP contribution in [0.2, 0.25) is 0 Å². The van der Waals surface area contributed by atoms with Gasteiger partial charge in [0.05, 0.1) is 17.9 Å². The molecule has 0 saturated carbocycles. The highest BCUT2D eigenvalue weighted by molar-refractivity contribution is 7.99. The number of hydrogen-bond donors (Lipinski definition) is 1. The topological polar surface area (TPSA) is 92.0 Å². The zero-order chi connectivity index (χ0) is 16.8. The van der Waals surface area contributed by atoms with E-state index >= 15 is 0 Å². The molecule has 0 aliphatic rings. The summed E-state index contributed by atoms with van der Waals surface area (Å²) in [6.45, 7) is 2.51. The number of carboxylic acids is 1. The van der Waals surface area contributed by atoms with Gasteiger partial charge >= 0.3 is 5.97 Å². The van der Waals surface area contributed by atoms with E-state index in [1.54, 1.807) is 11.6 Å². The van der Waals surface area contributed by atoms with Gasteiger partial charge in [0, 0.05) is 36.5 Å². The van der Waals surface area contributed by atoms with Crippen molar-refractivity contribution in [1.82, 2.24) is 14.3 Å². The van der Waals surface area contributed by atoms with Gasteiger partial charge in [-0.15, -0.1) is 23.1 Å². The highest BCUT2D eigenvalue weighted by Crippen LogP contribution is 2.13. The Hall–Kier alpha value is -1.87. The van der Waals surface area contributed by atoms with Crippen molar-refractivity contribution < 1.29 is 14.7 Å². The Morgan fingerprint density at radius 1 is 1.48 bits per heavy atom. The SMILES string of the molecule is CCN(CCC(=O)O)C(=O)CSCc1cc(=O)n2ccsc2n1. The van der Waals surface area contributed by atoms with Gasteiger partial charge in [0.2, 0.25) is 5.91 Å². The van der Waals surface area contributed by atoms with E-state index in [1.807, 2.05) is 6.92 Å². The first kappa shape index (κ1) is 17.5. The van der Waals surface area contributed by atoms with Crippen LogP contribution in [0.5, 0.6) is 0 Å². The number of aliphatic carboxylic acids is 1. The zero-order valence-corrected chi connectivity index (χ0v) is 14.2. The Morgan fingerprint density at radius 3 is 2.96 bits per heavy atom. The Kier molecular flexibility index (Phi) is 6.17. The number of carboxylic acid groups (broad SMARTS) is 1. The molecule has 2 aromatic heterocycles. The van der Waals surface area contributed by atoms with Crippen molar-refractivity contribution in [3.63, 3.8) is 0 Å². The van der Waals surface area contributed by atoms with E-state index in [0.29, 0.717) is 23.0 Å². The van der Waals surface area contributed by atoms with Gasteiger partial charge in [0.1, 0.15) is 0 Å². The summed E-state index contributed by atoms with van der Waals surface area (Å²) < 4.78 is 1.48. The van der Waals surface area contributed by atoms with Crippen LogP contribution in [0.3, 0.4) is 0 Å². The summed E-state index contributed by atoms with van der Waals surface area (Å²) in [7, 11) is 0. The Morgan fingerprint density at radius 2 is 2.26 bits per heavy atom. The zero-order valence-electron chi connectivity index (χ0n) is 12.6. The Bertz CT molecular complexity index is 756. The molecule has 0 saturated heterocycles. The molecule has 0 aromatic carbocycles. The molecule has 0 spiro atoms. The molecule has 0 aliphatic heterocycles. The number of aromatic nitrogens is 2. The molecule has 2 heterocycles. The third-order valence-corrected chi connectivity index (χ3v) is 4.87. The van der Waals surface area contributed by atoms with Crippen molar-refractivity contribution in [3.05, 3.63) is 33.7 Å². The van der Waals surface area contributed by atoms with Gasteiger partial charge in [-0.2, -0.15) is 0 Å². The number of fused-ring (bicyclic) bond motifs is 1. The molecule has 1 N–H and O–H groups in total. The van der Waals surface area contributed by atoms with Crippen molar-refractivity contribution in [3.8, 4) is 0 Å². The number of thiazole rings is 1. The van der Waals surface area contributed by atoms with E-state index in [4.69, 9.17) is 5.11 Å². The van der Waals surface area contributed by atoms with E-state index in [1.165, 1.54) is 38.5 Å². The summed E-state index contributed by atoms with van der Waals surface area (Å²) in [6.07, 6.45) is 1.62. The predicted octanol–water partition coefficient (Wildman–Crippen LogP) is 1.31. The summed E-state index contributed by atoms with van der Waals surface area (Å²) in [5, 5.41) is 10.5. The predicted molar refractivity (Wildman–Crippen MR) is 90.0 cm³/mol. The normalized spacial score (nSPS) is 10.8. The standard InChI is InChI=1S/C14H17N3O4S2/c1-2-16(4-3-13(20)21)12(19)9-22-8-10-7-11(18)17-5-6-23-14(17)15-10/h5-7H,2-4,8-9H2,1H3,(H,20,21). The van der Waals surface area contributed by atoms with Crippen LogP contribution >= 0.6 is 23.1 Å². The minimum absolute atomic E-state index is 0.0579. The number of thioether (sulfide) groups is 1. The van der Waals surface area contributed by atoms with Gasteiger partial charge in [-0.3, -0.25) is 18.8 Å². The smallest absolute Gasteiger partial charge is 0.305 e. The molecule has 9 heteroatoms. The first-order valence-corrected chi connectivity index (χ1v) is 9.07. The fourth-order valence-electron chi connectivity index (χ4n) is 1.99. The summed E-state index contributed by atoms with van der Waals surface area (Å²) in [5.74, 6) is -0.323. The number of rotatable bonds is 8. The van der Waals surface area contributed by atoms with Crippen LogP contribution in [-0.2, 0) is 15.3 Å². The van der Waals surface area contributed by atoms with Crippen molar-refractivity contribution in [2.24, 2.45) is 0 Å². The molecule has 23 heavy (non-hydrogen) atoms. The lowest BCUT2D eigenvalue weighted by Crippen LogP contribution is -2.34. The lowest BCUT2D eigenvalue weighted by molar-refractivity contribution is -0.138. The molecule has 0 fully saturated rings. The molecule has 0 bridgehead atoms. The third-order valence-electron chi connectivity index (χ3n) is 3.16. The molecular formula is C14H17N3O4S2. The maximum Gasteiger partial charge on any atom is 0.305 e. The molecule has 1 amide bonds. The highest BCUT2D eigenvalue weighted by Gasteiger charge is 2.13. The number of amides is 1. The molecule has 7 nitrogen and oxygen atoms in total. The van der Waals surface area contributed by atoms with Crippen molar-refractivity contribution >= 4 is 39.9 Å². The highest BCUT2D eigenvalue weighted by atomic mass is 32.2. The molecule has 124 valence electrons. The lowest BCUT2D eigenvalue weighted by atomic mass is 10.4.